The number of hydrogen-bond acceptors (Lipinski definition) is 9. The van der Waals surface area contributed by atoms with E-state index in [0.717, 1.165) is 11.5 Å². The Hall–Kier alpha value is -3.39. The lowest BCUT2D eigenvalue weighted by atomic mass is 10.3. The highest BCUT2D eigenvalue weighted by atomic mass is 32.1. The number of azo groups is 1. The first-order valence-corrected chi connectivity index (χ1v) is 7.72. The fraction of sp³-hybridized carbons (Fsp3) is 0.214. The molecule has 3 aromatic rings. The van der Waals surface area contributed by atoms with Crippen LogP contribution in [0.3, 0.4) is 0 Å². The van der Waals surface area contributed by atoms with E-state index < -0.39 is 11.5 Å². The third-order valence-electron chi connectivity index (χ3n) is 3.38. The van der Waals surface area contributed by atoms with Gasteiger partial charge in [0.2, 0.25) is 0 Å². The lowest BCUT2D eigenvalue weighted by Crippen LogP contribution is -2.20. The second-order valence-electron chi connectivity index (χ2n) is 4.98. The van der Waals surface area contributed by atoms with Crippen LogP contribution in [-0.4, -0.2) is 32.1 Å². The molecule has 10 nitrogen and oxygen atoms in total. The van der Waals surface area contributed by atoms with Crippen LogP contribution in [0.5, 0.6) is 0 Å². The van der Waals surface area contributed by atoms with Crippen LogP contribution in [0.4, 0.5) is 10.7 Å². The number of fused-ring (bicyclic) bond motifs is 1. The van der Waals surface area contributed by atoms with Crippen molar-refractivity contribution < 1.29 is 9.53 Å². The van der Waals surface area contributed by atoms with Gasteiger partial charge < -0.3 is 9.72 Å². The third kappa shape index (κ3) is 2.79. The number of nitriles is 1. The van der Waals surface area contributed by atoms with Gasteiger partial charge in [-0.3, -0.25) is 4.79 Å². The number of ether oxygens (including phenoxy) is 1. The zero-order valence-electron chi connectivity index (χ0n) is 13.4. The van der Waals surface area contributed by atoms with Gasteiger partial charge in [-0.2, -0.15) is 14.7 Å². The van der Waals surface area contributed by atoms with Crippen molar-refractivity contribution in [3.05, 3.63) is 39.1 Å². The van der Waals surface area contributed by atoms with Crippen LogP contribution in [0.25, 0.3) is 5.65 Å². The Morgan fingerprint density at radius 2 is 2.16 bits per heavy atom. The molecule has 0 amide bonds. The minimum absolute atomic E-state index is 0.175. The van der Waals surface area contributed by atoms with Crippen molar-refractivity contribution >= 4 is 33.8 Å². The Kier molecular flexibility index (Phi) is 4.12. The van der Waals surface area contributed by atoms with Gasteiger partial charge in [-0.15, -0.1) is 10.2 Å². The molecule has 0 fully saturated rings. The topological polar surface area (TPSA) is 138 Å². The Morgan fingerprint density at radius 3 is 2.84 bits per heavy atom. The minimum atomic E-state index is -0.765. The van der Waals surface area contributed by atoms with Gasteiger partial charge in [0.25, 0.3) is 5.56 Å². The average molecular weight is 357 g/mol. The molecule has 11 heteroatoms. The van der Waals surface area contributed by atoms with Crippen molar-refractivity contribution in [2.75, 3.05) is 7.11 Å². The Labute approximate surface area is 144 Å². The molecule has 0 radical (unpaired) electrons. The van der Waals surface area contributed by atoms with Gasteiger partial charge in [-0.05, 0) is 25.4 Å². The fourth-order valence-electron chi connectivity index (χ4n) is 2.13. The summed E-state index contributed by atoms with van der Waals surface area (Å²) in [4.78, 5) is 26.2. The second kappa shape index (κ2) is 6.25. The molecule has 3 aromatic heterocycles. The van der Waals surface area contributed by atoms with Crippen LogP contribution in [-0.2, 0) is 4.74 Å². The highest BCUT2D eigenvalue weighted by Crippen LogP contribution is 2.30. The molecule has 25 heavy (non-hydrogen) atoms. The Balaban J connectivity index is 2.11. The number of carbonyl (C=O) groups is 1. The molecule has 1 N–H and O–H groups in total. The van der Waals surface area contributed by atoms with Gasteiger partial charge in [-0.1, -0.05) is 0 Å². The van der Waals surface area contributed by atoms with Gasteiger partial charge in [0, 0.05) is 0 Å². The predicted octanol–water partition coefficient (Wildman–Crippen LogP) is 2.17. The van der Waals surface area contributed by atoms with E-state index in [2.05, 4.69) is 29.4 Å². The van der Waals surface area contributed by atoms with E-state index in [1.165, 1.54) is 17.8 Å². The van der Waals surface area contributed by atoms with Gasteiger partial charge in [-0.25, -0.2) is 9.31 Å². The summed E-state index contributed by atoms with van der Waals surface area (Å²) in [5.41, 5.74) is 1.22. The number of hydrogen-bond donors (Lipinski definition) is 1. The summed E-state index contributed by atoms with van der Waals surface area (Å²) in [5, 5.41) is 21.8. The van der Waals surface area contributed by atoms with E-state index >= 15 is 0 Å². The van der Waals surface area contributed by atoms with E-state index in [9.17, 15) is 9.59 Å². The summed E-state index contributed by atoms with van der Waals surface area (Å²) in [5.74, 6) is -0.765. The van der Waals surface area contributed by atoms with Crippen LogP contribution >= 0.6 is 11.5 Å². The maximum Gasteiger partial charge on any atom is 0.345 e. The minimum Gasteiger partial charge on any atom is -0.465 e. The largest absolute Gasteiger partial charge is 0.465 e. The molecule has 0 aliphatic rings. The molecular formula is C14H11N7O3S. The van der Waals surface area contributed by atoms with Crippen molar-refractivity contribution in [3.63, 3.8) is 0 Å². The highest BCUT2D eigenvalue weighted by molar-refractivity contribution is 7.10. The molecule has 0 unspecified atom stereocenters. The molecule has 0 aliphatic heterocycles. The number of methoxy groups -OCH3 is 1. The molecule has 0 saturated carbocycles. The first kappa shape index (κ1) is 16.5. The van der Waals surface area contributed by atoms with E-state index in [1.807, 2.05) is 6.07 Å². The fourth-order valence-corrected chi connectivity index (χ4v) is 2.81. The lowest BCUT2D eigenvalue weighted by Gasteiger charge is -1.99. The van der Waals surface area contributed by atoms with Crippen molar-refractivity contribution in [3.8, 4) is 6.07 Å². The third-order valence-corrected chi connectivity index (χ3v) is 4.21. The number of nitrogens with zero attached hydrogens (tertiary/aromatic N) is 6. The first-order chi connectivity index (χ1) is 12.0. The maximum atomic E-state index is 12.1. The molecule has 0 bridgehead atoms. The van der Waals surface area contributed by atoms with Crippen LogP contribution in [0.15, 0.2) is 21.2 Å². The molecular weight excluding hydrogens is 346 g/mol. The van der Waals surface area contributed by atoms with Crippen molar-refractivity contribution in [2.45, 2.75) is 13.8 Å². The van der Waals surface area contributed by atoms with Crippen molar-refractivity contribution in [1.82, 2.24) is 19.0 Å². The van der Waals surface area contributed by atoms with Gasteiger partial charge >= 0.3 is 5.97 Å². The van der Waals surface area contributed by atoms with Crippen LogP contribution in [0, 0.1) is 25.2 Å². The summed E-state index contributed by atoms with van der Waals surface area (Å²) in [6.07, 6.45) is 1.27. The standard InChI is InChI=1S/C14H11N7O3S/c1-6-8(4-15)13(25-20-6)18-17-10-7(2)19-21-5-9(14(23)24-3)12(22)16-11(10)21/h5H,1-3H3,(H,16,22). The SMILES string of the molecule is COC(=O)c1cn2nc(C)c(N=Nc3snc(C)c3C#N)c2[nH]c1=O. The number of esters is 1. The number of aromatic amines is 1. The van der Waals surface area contributed by atoms with Crippen LogP contribution in [0.2, 0.25) is 0 Å². The average Bonchev–Trinajstić information content (AvgIpc) is 3.10. The maximum absolute atomic E-state index is 12.1. The molecule has 3 rings (SSSR count). The summed E-state index contributed by atoms with van der Waals surface area (Å²) < 4.78 is 9.94. The molecule has 0 aliphatic carbocycles. The van der Waals surface area contributed by atoms with E-state index in [0.29, 0.717) is 27.6 Å². The van der Waals surface area contributed by atoms with E-state index in [-0.39, 0.29) is 11.2 Å². The Morgan fingerprint density at radius 1 is 1.40 bits per heavy atom. The number of rotatable bonds is 3. The summed E-state index contributed by atoms with van der Waals surface area (Å²) in [7, 11) is 1.18. The smallest absolute Gasteiger partial charge is 0.345 e. The monoisotopic (exact) mass is 357 g/mol. The number of nitrogens with one attached hydrogen (secondary N) is 1. The molecule has 0 saturated heterocycles. The quantitative estimate of drug-likeness (QED) is 0.563. The van der Waals surface area contributed by atoms with E-state index in [4.69, 9.17) is 5.26 Å². The zero-order valence-corrected chi connectivity index (χ0v) is 14.2. The lowest BCUT2D eigenvalue weighted by molar-refractivity contribution is 0.0598. The number of H-pyrrole nitrogens is 1. The molecule has 0 spiro atoms. The summed E-state index contributed by atoms with van der Waals surface area (Å²) >= 11 is 1.05. The molecule has 126 valence electrons. The van der Waals surface area contributed by atoms with E-state index in [1.54, 1.807) is 13.8 Å². The summed E-state index contributed by atoms with van der Waals surface area (Å²) in [6, 6.07) is 2.03. The summed E-state index contributed by atoms with van der Waals surface area (Å²) in [6.45, 7) is 3.39. The van der Waals surface area contributed by atoms with Crippen LogP contribution in [0.1, 0.15) is 27.3 Å². The molecule has 0 aromatic carbocycles. The van der Waals surface area contributed by atoms with Crippen LogP contribution < -0.4 is 5.56 Å². The van der Waals surface area contributed by atoms with Gasteiger partial charge in [0.1, 0.15) is 17.2 Å². The second-order valence-corrected chi connectivity index (χ2v) is 5.73. The highest BCUT2D eigenvalue weighted by Gasteiger charge is 2.17. The molecule has 0 atom stereocenters. The van der Waals surface area contributed by atoms with Crippen molar-refractivity contribution in [2.24, 2.45) is 10.2 Å². The predicted molar refractivity (Wildman–Crippen MR) is 87.6 cm³/mol. The molecule has 3 heterocycles. The van der Waals surface area contributed by atoms with Gasteiger partial charge in [0.05, 0.1) is 24.7 Å². The van der Waals surface area contributed by atoms with Crippen molar-refractivity contribution in [1.29, 1.82) is 5.26 Å². The number of aromatic nitrogens is 4. The Bertz CT molecular complexity index is 1120. The number of aryl methyl sites for hydroxylation is 2. The zero-order chi connectivity index (χ0) is 18.1. The van der Waals surface area contributed by atoms with Gasteiger partial charge in [0.15, 0.2) is 16.3 Å². The first-order valence-electron chi connectivity index (χ1n) is 6.95. The number of carbonyl (C=O) groups excluding carboxylic acids is 1. The normalized spacial score (nSPS) is 11.1.